The molecule has 4 saturated carbocycles. The molecular weight excluding hydrogens is 340 g/mol. The van der Waals surface area contributed by atoms with E-state index >= 15 is 0 Å². The van der Waals surface area contributed by atoms with Crippen molar-refractivity contribution in [1.29, 1.82) is 0 Å². The number of esters is 1. The predicted octanol–water partition coefficient (Wildman–Crippen LogP) is 4.49. The Balaban J connectivity index is 1.31. The standard InChI is InChI=1S/C23H24O4/c24-20-9-18-4-2-1-3-17(18)8-19(20)22(26)27-13-21(25)23-10-14-5-15(11-23)7-16(6-14)12-23/h1-4,8-9,14-16,24H,5-7,10-13H2. The Morgan fingerprint density at radius 1 is 0.963 bits per heavy atom. The molecule has 0 aliphatic heterocycles. The SMILES string of the molecule is O=C(OCC(=O)C12CC3CC(CC(C3)C1)C2)c1cc2ccccc2cc1O. The van der Waals surface area contributed by atoms with Gasteiger partial charge in [-0.3, -0.25) is 4.79 Å². The van der Waals surface area contributed by atoms with Crippen LogP contribution in [-0.4, -0.2) is 23.5 Å². The Labute approximate surface area is 158 Å². The summed E-state index contributed by atoms with van der Waals surface area (Å²) < 4.78 is 5.36. The van der Waals surface area contributed by atoms with Crippen molar-refractivity contribution in [3.63, 3.8) is 0 Å². The van der Waals surface area contributed by atoms with E-state index in [1.807, 2.05) is 24.3 Å². The first-order chi connectivity index (χ1) is 13.0. The number of ketones is 1. The fourth-order valence-electron chi connectivity index (χ4n) is 6.21. The lowest BCUT2D eigenvalue weighted by molar-refractivity contribution is -0.147. The van der Waals surface area contributed by atoms with Crippen molar-refractivity contribution < 1.29 is 19.4 Å². The molecule has 2 aromatic carbocycles. The van der Waals surface area contributed by atoms with Crippen LogP contribution in [-0.2, 0) is 9.53 Å². The van der Waals surface area contributed by atoms with Gasteiger partial charge in [0.2, 0.25) is 0 Å². The maximum absolute atomic E-state index is 13.0. The zero-order valence-electron chi connectivity index (χ0n) is 15.3. The number of phenols is 1. The van der Waals surface area contributed by atoms with Crippen LogP contribution in [0, 0.1) is 23.2 Å². The number of carbonyl (C=O) groups excluding carboxylic acids is 2. The maximum atomic E-state index is 13.0. The smallest absolute Gasteiger partial charge is 0.342 e. The highest BCUT2D eigenvalue weighted by molar-refractivity contribution is 5.99. The number of rotatable bonds is 4. The molecular formula is C23H24O4. The number of phenolic OH excluding ortho intramolecular Hbond substituents is 1. The van der Waals surface area contributed by atoms with Gasteiger partial charge in [-0.25, -0.2) is 4.79 Å². The monoisotopic (exact) mass is 364 g/mol. The lowest BCUT2D eigenvalue weighted by atomic mass is 9.48. The highest BCUT2D eigenvalue weighted by Gasteiger charge is 2.54. The fraction of sp³-hybridized carbons (Fsp3) is 0.478. The maximum Gasteiger partial charge on any atom is 0.342 e. The Morgan fingerprint density at radius 3 is 2.11 bits per heavy atom. The minimum atomic E-state index is -0.628. The summed E-state index contributed by atoms with van der Waals surface area (Å²) in [6, 6.07) is 10.7. The minimum absolute atomic E-state index is 0.0789. The number of carbonyl (C=O) groups is 2. The van der Waals surface area contributed by atoms with Gasteiger partial charge in [0.05, 0.1) is 0 Å². The summed E-state index contributed by atoms with van der Waals surface area (Å²) in [7, 11) is 0. The molecule has 140 valence electrons. The van der Waals surface area contributed by atoms with Crippen molar-refractivity contribution >= 4 is 22.5 Å². The third-order valence-corrected chi connectivity index (χ3v) is 7.05. The number of aromatic hydroxyl groups is 1. The largest absolute Gasteiger partial charge is 0.507 e. The molecule has 1 N–H and O–H groups in total. The predicted molar refractivity (Wildman–Crippen MR) is 102 cm³/mol. The van der Waals surface area contributed by atoms with Gasteiger partial charge >= 0.3 is 5.97 Å². The van der Waals surface area contributed by atoms with E-state index in [0.29, 0.717) is 17.8 Å². The molecule has 4 nitrogen and oxygen atoms in total. The molecule has 0 unspecified atom stereocenters. The van der Waals surface area contributed by atoms with Crippen molar-refractivity contribution in [3.8, 4) is 5.75 Å². The topological polar surface area (TPSA) is 63.6 Å². The molecule has 0 aromatic heterocycles. The van der Waals surface area contributed by atoms with Gasteiger partial charge in [0.15, 0.2) is 12.4 Å². The minimum Gasteiger partial charge on any atom is -0.507 e. The molecule has 4 aliphatic rings. The van der Waals surface area contributed by atoms with Gasteiger partial charge in [-0.2, -0.15) is 0 Å². The summed E-state index contributed by atoms with van der Waals surface area (Å²) in [6.07, 6.45) is 6.73. The molecule has 0 spiro atoms. The van der Waals surface area contributed by atoms with Crippen LogP contribution in [0.1, 0.15) is 48.9 Å². The van der Waals surface area contributed by atoms with E-state index in [2.05, 4.69) is 0 Å². The molecule has 4 bridgehead atoms. The number of Topliss-reactive ketones (excluding diaryl/α,β-unsaturated/α-hetero) is 1. The van der Waals surface area contributed by atoms with Gasteiger partial charge in [-0.1, -0.05) is 24.3 Å². The summed E-state index contributed by atoms with van der Waals surface area (Å²) in [5, 5.41) is 11.9. The van der Waals surface area contributed by atoms with Crippen LogP contribution in [0.3, 0.4) is 0 Å². The molecule has 4 heteroatoms. The molecule has 0 atom stereocenters. The van der Waals surface area contributed by atoms with Crippen LogP contribution in [0.2, 0.25) is 0 Å². The molecule has 2 aromatic rings. The van der Waals surface area contributed by atoms with Crippen molar-refractivity contribution in [2.45, 2.75) is 38.5 Å². The van der Waals surface area contributed by atoms with Crippen LogP contribution in [0.15, 0.2) is 36.4 Å². The first-order valence-electron chi connectivity index (χ1n) is 9.95. The molecule has 6 rings (SSSR count). The van der Waals surface area contributed by atoms with E-state index in [0.717, 1.165) is 30.0 Å². The molecule has 0 saturated heterocycles. The van der Waals surface area contributed by atoms with E-state index in [1.54, 1.807) is 12.1 Å². The van der Waals surface area contributed by atoms with Crippen molar-refractivity contribution in [2.75, 3.05) is 6.61 Å². The summed E-state index contributed by atoms with van der Waals surface area (Å²) in [6.45, 7) is -0.183. The van der Waals surface area contributed by atoms with Crippen molar-refractivity contribution in [3.05, 3.63) is 42.0 Å². The highest BCUT2D eigenvalue weighted by atomic mass is 16.5. The third kappa shape index (κ3) is 2.82. The second-order valence-corrected chi connectivity index (χ2v) is 8.91. The summed E-state index contributed by atoms with van der Waals surface area (Å²) in [5.74, 6) is 1.38. The van der Waals surface area contributed by atoms with Crippen LogP contribution in [0.25, 0.3) is 10.8 Å². The van der Waals surface area contributed by atoms with Crippen LogP contribution in [0.5, 0.6) is 5.75 Å². The zero-order chi connectivity index (χ0) is 18.6. The van der Waals surface area contributed by atoms with E-state index < -0.39 is 5.97 Å². The highest BCUT2D eigenvalue weighted by Crippen LogP contribution is 2.60. The first-order valence-corrected chi connectivity index (χ1v) is 9.95. The molecule has 4 aliphatic carbocycles. The Hall–Kier alpha value is -2.36. The first kappa shape index (κ1) is 16.8. The summed E-state index contributed by atoms with van der Waals surface area (Å²) in [4.78, 5) is 25.5. The van der Waals surface area contributed by atoms with E-state index in [4.69, 9.17) is 4.74 Å². The van der Waals surface area contributed by atoms with Crippen LogP contribution in [0.4, 0.5) is 0 Å². The normalized spacial score (nSPS) is 31.2. The lowest BCUT2D eigenvalue weighted by Gasteiger charge is -2.55. The second kappa shape index (κ2) is 6.08. The van der Waals surface area contributed by atoms with Gasteiger partial charge in [0.1, 0.15) is 11.3 Å². The van der Waals surface area contributed by atoms with Gasteiger partial charge in [-0.15, -0.1) is 0 Å². The number of hydrogen-bond donors (Lipinski definition) is 1. The number of hydrogen-bond acceptors (Lipinski definition) is 4. The van der Waals surface area contributed by atoms with E-state index in [1.165, 1.54) is 19.3 Å². The quantitative estimate of drug-likeness (QED) is 0.812. The van der Waals surface area contributed by atoms with Gasteiger partial charge in [0.25, 0.3) is 0 Å². The number of fused-ring (bicyclic) bond motifs is 1. The molecule has 4 fully saturated rings. The van der Waals surface area contributed by atoms with Crippen LogP contribution < -0.4 is 0 Å². The van der Waals surface area contributed by atoms with Crippen molar-refractivity contribution in [2.24, 2.45) is 23.2 Å². The molecule has 0 radical (unpaired) electrons. The number of benzene rings is 2. The summed E-state index contributed by atoms with van der Waals surface area (Å²) >= 11 is 0. The third-order valence-electron chi connectivity index (χ3n) is 7.05. The summed E-state index contributed by atoms with van der Waals surface area (Å²) in [5.41, 5.74) is -0.146. The molecule has 0 amide bonds. The Kier molecular flexibility index (Phi) is 3.78. The fourth-order valence-corrected chi connectivity index (χ4v) is 6.21. The van der Waals surface area contributed by atoms with Crippen molar-refractivity contribution in [1.82, 2.24) is 0 Å². The van der Waals surface area contributed by atoms with Crippen LogP contribution >= 0.6 is 0 Å². The van der Waals surface area contributed by atoms with Gasteiger partial charge in [-0.05, 0) is 79.2 Å². The average molecular weight is 364 g/mol. The second-order valence-electron chi connectivity index (χ2n) is 8.91. The molecule has 27 heavy (non-hydrogen) atoms. The average Bonchev–Trinajstić information content (AvgIpc) is 2.64. The van der Waals surface area contributed by atoms with E-state index in [9.17, 15) is 14.7 Å². The zero-order valence-corrected chi connectivity index (χ0v) is 15.3. The number of ether oxygens (including phenoxy) is 1. The Morgan fingerprint density at radius 2 is 1.52 bits per heavy atom. The van der Waals surface area contributed by atoms with Gasteiger partial charge < -0.3 is 9.84 Å². The molecule has 0 heterocycles. The van der Waals surface area contributed by atoms with E-state index in [-0.39, 0.29) is 29.1 Å². The Bertz CT molecular complexity index is 894. The lowest BCUT2D eigenvalue weighted by Crippen LogP contribution is -2.51. The van der Waals surface area contributed by atoms with Gasteiger partial charge in [0, 0.05) is 5.41 Å².